The van der Waals surface area contributed by atoms with Crippen molar-refractivity contribution in [3.63, 3.8) is 0 Å². The molecular weight excluding hydrogens is 508 g/mol. The summed E-state index contributed by atoms with van der Waals surface area (Å²) < 4.78 is 36.9. The minimum absolute atomic E-state index is 0.0815. The summed E-state index contributed by atoms with van der Waals surface area (Å²) in [6.07, 6.45) is 9.44. The molecule has 1 saturated heterocycles. The van der Waals surface area contributed by atoms with E-state index in [0.717, 1.165) is 29.5 Å². The molecule has 0 saturated carbocycles. The van der Waals surface area contributed by atoms with Gasteiger partial charge in [-0.25, -0.2) is 18.7 Å². The second kappa shape index (κ2) is 9.31. The Morgan fingerprint density at radius 1 is 1.29 bits per heavy atom. The number of halogens is 2. The van der Waals surface area contributed by atoms with Crippen LogP contribution >= 0.6 is 11.3 Å². The summed E-state index contributed by atoms with van der Waals surface area (Å²) >= 11 is 0.946. The number of nitrogen functional groups attached to an aromatic ring is 1. The minimum atomic E-state index is -0.615. The summed E-state index contributed by atoms with van der Waals surface area (Å²) in [5, 5.41) is 10.6. The number of ether oxygens (including phenoxy) is 1. The van der Waals surface area contributed by atoms with E-state index in [4.69, 9.17) is 10.5 Å². The zero-order chi connectivity index (χ0) is 26.6. The first-order chi connectivity index (χ1) is 18.5. The van der Waals surface area contributed by atoms with Crippen molar-refractivity contribution < 1.29 is 13.5 Å². The van der Waals surface area contributed by atoms with Crippen molar-refractivity contribution in [2.75, 3.05) is 23.7 Å². The number of hydrogen-bond donors (Lipinski definition) is 1. The van der Waals surface area contributed by atoms with Crippen LogP contribution in [-0.2, 0) is 18.0 Å². The number of benzene rings is 1. The van der Waals surface area contributed by atoms with Crippen LogP contribution in [0.3, 0.4) is 0 Å². The van der Waals surface area contributed by atoms with Crippen LogP contribution < -0.4 is 10.6 Å². The van der Waals surface area contributed by atoms with Crippen LogP contribution in [0.4, 0.5) is 19.7 Å². The third-order valence-corrected chi connectivity index (χ3v) is 8.05. The smallest absolute Gasteiger partial charge is 0.226 e. The second-order valence-electron chi connectivity index (χ2n) is 9.16. The maximum atomic E-state index is 16.4. The van der Waals surface area contributed by atoms with Crippen LogP contribution in [0.1, 0.15) is 30.0 Å². The predicted octanol–water partition coefficient (Wildman–Crippen LogP) is 5.23. The highest BCUT2D eigenvalue weighted by Crippen LogP contribution is 2.45. The SMILES string of the molecule is C=CN(/C=C\CC)C1CN(c2ncc3c4c(c(-c5ncc(F)c6sc(N)c(C#N)c56)c(F)c3n2)COC4)C1. The normalized spacial score (nSPS) is 15.3. The number of hydrogen-bond acceptors (Lipinski definition) is 9. The lowest BCUT2D eigenvalue weighted by Crippen LogP contribution is -2.57. The maximum Gasteiger partial charge on any atom is 0.226 e. The van der Waals surface area contributed by atoms with E-state index in [9.17, 15) is 9.65 Å². The molecule has 2 N–H and O–H groups in total. The Kier molecular flexibility index (Phi) is 5.93. The number of allylic oxidation sites excluding steroid dienone is 1. The van der Waals surface area contributed by atoms with E-state index < -0.39 is 11.6 Å². The first-order valence-corrected chi connectivity index (χ1v) is 12.9. The van der Waals surface area contributed by atoms with Gasteiger partial charge in [-0.3, -0.25) is 4.98 Å². The van der Waals surface area contributed by atoms with Crippen LogP contribution in [0.5, 0.6) is 0 Å². The third kappa shape index (κ3) is 3.60. The monoisotopic (exact) mass is 531 g/mol. The fourth-order valence-electron chi connectivity index (χ4n) is 5.06. The summed E-state index contributed by atoms with van der Waals surface area (Å²) in [4.78, 5) is 17.4. The number of fused-ring (bicyclic) bond motifs is 4. The number of nitriles is 1. The van der Waals surface area contributed by atoms with Gasteiger partial charge in [-0.15, -0.1) is 11.3 Å². The fraction of sp³-hybridized carbons (Fsp3) is 0.259. The Morgan fingerprint density at radius 2 is 2.08 bits per heavy atom. The molecule has 3 aromatic heterocycles. The van der Waals surface area contributed by atoms with Crippen molar-refractivity contribution in [3.05, 3.63) is 65.8 Å². The van der Waals surface area contributed by atoms with Gasteiger partial charge < -0.3 is 20.3 Å². The van der Waals surface area contributed by atoms with Gasteiger partial charge in [0.15, 0.2) is 11.6 Å². The van der Waals surface area contributed by atoms with Crippen molar-refractivity contribution >= 4 is 43.3 Å². The number of nitrogens with two attached hydrogens (primary N) is 1. The first kappa shape index (κ1) is 24.2. The van der Waals surface area contributed by atoms with E-state index >= 15 is 4.39 Å². The van der Waals surface area contributed by atoms with Crippen LogP contribution in [-0.4, -0.2) is 39.0 Å². The van der Waals surface area contributed by atoms with Crippen molar-refractivity contribution in [1.29, 1.82) is 5.26 Å². The molecule has 0 atom stereocenters. The Morgan fingerprint density at radius 3 is 2.82 bits per heavy atom. The molecule has 0 amide bonds. The summed E-state index contributed by atoms with van der Waals surface area (Å²) in [6, 6.07) is 2.24. The Balaban J connectivity index is 1.48. The molecule has 4 aromatic rings. The topological polar surface area (TPSA) is 104 Å². The third-order valence-electron chi connectivity index (χ3n) is 7.02. The quantitative estimate of drug-likeness (QED) is 0.361. The summed E-state index contributed by atoms with van der Waals surface area (Å²) in [5.41, 5.74) is 7.87. The van der Waals surface area contributed by atoms with Crippen molar-refractivity contribution in [2.45, 2.75) is 32.6 Å². The van der Waals surface area contributed by atoms with Gasteiger partial charge >= 0.3 is 0 Å². The van der Waals surface area contributed by atoms with Gasteiger partial charge in [0.05, 0.1) is 41.4 Å². The van der Waals surface area contributed by atoms with Crippen LogP contribution in [0.15, 0.2) is 37.4 Å². The number of thiophene rings is 1. The molecule has 1 fully saturated rings. The number of aromatic nitrogens is 3. The van der Waals surface area contributed by atoms with Gasteiger partial charge in [-0.2, -0.15) is 5.26 Å². The van der Waals surface area contributed by atoms with E-state index in [1.807, 2.05) is 17.2 Å². The molecule has 38 heavy (non-hydrogen) atoms. The standard InChI is InChI=1S/C27H23F2N7OS/c1-3-5-6-35(4-2)14-10-36(11-14)27-33-8-16-17-12-37-13-18(17)20(22(29)23(16)34-27)24-21-15(7-30)26(31)38-25(21)19(28)9-32-24/h4-6,8-9,14H,2-3,10-13,31H2,1H3/b6-5-. The molecule has 0 bridgehead atoms. The van der Waals surface area contributed by atoms with Crippen LogP contribution in [0, 0.1) is 23.0 Å². The van der Waals surface area contributed by atoms with Gasteiger partial charge in [0.1, 0.15) is 16.6 Å². The molecule has 8 nitrogen and oxygen atoms in total. The van der Waals surface area contributed by atoms with E-state index in [-0.39, 0.29) is 56.7 Å². The van der Waals surface area contributed by atoms with E-state index in [2.05, 4.69) is 39.4 Å². The van der Waals surface area contributed by atoms with Crippen molar-refractivity contribution in [1.82, 2.24) is 19.9 Å². The molecule has 0 unspecified atom stereocenters. The van der Waals surface area contributed by atoms with Gasteiger partial charge in [-0.05, 0) is 29.9 Å². The molecule has 0 aliphatic carbocycles. The maximum absolute atomic E-state index is 16.4. The van der Waals surface area contributed by atoms with Crippen LogP contribution in [0.25, 0.3) is 32.2 Å². The number of pyridine rings is 1. The molecule has 0 spiro atoms. The zero-order valence-corrected chi connectivity index (χ0v) is 21.4. The summed E-state index contributed by atoms with van der Waals surface area (Å²) in [5.74, 6) is -0.816. The molecular formula is C27H23F2N7OS. The number of rotatable bonds is 6. The van der Waals surface area contributed by atoms with Crippen LogP contribution in [0.2, 0.25) is 0 Å². The van der Waals surface area contributed by atoms with Gasteiger partial charge in [-0.1, -0.05) is 19.6 Å². The average molecular weight is 532 g/mol. The average Bonchev–Trinajstić information content (AvgIpc) is 3.51. The molecule has 11 heteroatoms. The van der Waals surface area contributed by atoms with E-state index in [1.165, 1.54) is 0 Å². The minimum Gasteiger partial charge on any atom is -0.389 e. The van der Waals surface area contributed by atoms with E-state index in [0.29, 0.717) is 30.0 Å². The predicted molar refractivity (Wildman–Crippen MR) is 143 cm³/mol. The molecule has 0 radical (unpaired) electrons. The Hall–Kier alpha value is -4.14. The van der Waals surface area contributed by atoms with Crippen molar-refractivity contribution in [3.8, 4) is 17.3 Å². The highest BCUT2D eigenvalue weighted by atomic mass is 32.1. The molecule has 6 rings (SSSR count). The molecule has 2 aliphatic heterocycles. The van der Waals surface area contributed by atoms with Crippen molar-refractivity contribution in [2.24, 2.45) is 0 Å². The molecule has 192 valence electrons. The molecule has 2 aliphatic rings. The van der Waals surface area contributed by atoms with Gasteiger partial charge in [0, 0.05) is 35.6 Å². The molecule has 1 aromatic carbocycles. The highest BCUT2D eigenvalue weighted by molar-refractivity contribution is 7.23. The summed E-state index contributed by atoms with van der Waals surface area (Å²) in [7, 11) is 0. The second-order valence-corrected chi connectivity index (χ2v) is 10.2. The Bertz CT molecular complexity index is 1690. The van der Waals surface area contributed by atoms with E-state index in [1.54, 1.807) is 12.4 Å². The summed E-state index contributed by atoms with van der Waals surface area (Å²) in [6.45, 7) is 7.68. The largest absolute Gasteiger partial charge is 0.389 e. The number of anilines is 2. The lowest BCUT2D eigenvalue weighted by Gasteiger charge is -2.43. The zero-order valence-electron chi connectivity index (χ0n) is 20.5. The highest BCUT2D eigenvalue weighted by Gasteiger charge is 2.33. The first-order valence-electron chi connectivity index (χ1n) is 12.1. The Labute approximate surface area is 221 Å². The lowest BCUT2D eigenvalue weighted by atomic mass is 9.94. The van der Waals surface area contributed by atoms with Gasteiger partial charge in [0.2, 0.25) is 5.95 Å². The fourth-order valence-corrected chi connectivity index (χ4v) is 5.98. The number of nitrogens with zero attached hydrogens (tertiary/aromatic N) is 6. The van der Waals surface area contributed by atoms with Gasteiger partial charge in [0.25, 0.3) is 0 Å². The lowest BCUT2D eigenvalue weighted by molar-refractivity contribution is 0.135. The molecule has 5 heterocycles.